The first kappa shape index (κ1) is 8.85. The van der Waals surface area contributed by atoms with Crippen LogP contribution in [0.4, 0.5) is 4.39 Å². The van der Waals surface area contributed by atoms with Gasteiger partial charge in [0, 0.05) is 12.6 Å². The van der Waals surface area contributed by atoms with Gasteiger partial charge in [-0.1, -0.05) is 0 Å². The summed E-state index contributed by atoms with van der Waals surface area (Å²) < 4.78 is 18.5. The van der Waals surface area contributed by atoms with E-state index in [-0.39, 0.29) is 11.2 Å². The maximum atomic E-state index is 12.9. The van der Waals surface area contributed by atoms with E-state index in [0.29, 0.717) is 23.5 Å². The van der Waals surface area contributed by atoms with Gasteiger partial charge in [0.25, 0.3) is 0 Å². The molecule has 1 aromatic carbocycles. The molecule has 0 atom stereocenters. The molecule has 3 nitrogen and oxygen atoms in total. The van der Waals surface area contributed by atoms with Gasteiger partial charge in [0.1, 0.15) is 11.3 Å². The summed E-state index contributed by atoms with van der Waals surface area (Å²) in [6, 6.07) is 4.37. The van der Waals surface area contributed by atoms with E-state index in [2.05, 4.69) is 4.98 Å². The van der Waals surface area contributed by atoms with Crippen LogP contribution < -0.4 is 5.73 Å². The van der Waals surface area contributed by atoms with Gasteiger partial charge in [-0.3, -0.25) is 0 Å². The lowest BCUT2D eigenvalue weighted by Gasteiger charge is -2.04. The van der Waals surface area contributed by atoms with Crippen molar-refractivity contribution in [1.29, 1.82) is 0 Å². The summed E-state index contributed by atoms with van der Waals surface area (Å²) in [5.41, 5.74) is 6.81. The van der Waals surface area contributed by atoms with Gasteiger partial charge in [-0.2, -0.15) is 0 Å². The van der Waals surface area contributed by atoms with Crippen LogP contribution in [0.25, 0.3) is 11.1 Å². The van der Waals surface area contributed by atoms with Crippen LogP contribution in [0.2, 0.25) is 0 Å². The zero-order valence-corrected chi connectivity index (χ0v) is 8.16. The van der Waals surface area contributed by atoms with Crippen LogP contribution in [0.5, 0.6) is 0 Å². The van der Waals surface area contributed by atoms with E-state index >= 15 is 0 Å². The van der Waals surface area contributed by atoms with E-state index in [1.165, 1.54) is 12.1 Å². The molecular formula is C11H11FN2O. The molecule has 0 amide bonds. The van der Waals surface area contributed by atoms with E-state index in [1.807, 2.05) is 0 Å². The summed E-state index contributed by atoms with van der Waals surface area (Å²) in [7, 11) is 0. The van der Waals surface area contributed by atoms with E-state index in [0.717, 1.165) is 12.8 Å². The van der Waals surface area contributed by atoms with Crippen molar-refractivity contribution in [3.05, 3.63) is 29.9 Å². The zero-order chi connectivity index (χ0) is 10.5. The Morgan fingerprint density at radius 3 is 2.93 bits per heavy atom. The first-order valence-corrected chi connectivity index (χ1v) is 5.00. The Balaban J connectivity index is 2.14. The molecule has 1 aromatic heterocycles. The monoisotopic (exact) mass is 206 g/mol. The van der Waals surface area contributed by atoms with Gasteiger partial charge < -0.3 is 10.2 Å². The Morgan fingerprint density at radius 1 is 1.47 bits per heavy atom. The third kappa shape index (κ3) is 1.25. The van der Waals surface area contributed by atoms with Gasteiger partial charge in [-0.25, -0.2) is 9.37 Å². The summed E-state index contributed by atoms with van der Waals surface area (Å²) in [6.45, 7) is 0.544. The summed E-state index contributed by atoms with van der Waals surface area (Å²) in [5, 5.41) is 0. The number of nitrogens with two attached hydrogens (primary N) is 1. The Morgan fingerprint density at radius 2 is 2.27 bits per heavy atom. The fourth-order valence-corrected chi connectivity index (χ4v) is 1.78. The van der Waals surface area contributed by atoms with Crippen LogP contribution in [-0.4, -0.2) is 11.5 Å². The Labute approximate surface area is 86.1 Å². The fourth-order valence-electron chi connectivity index (χ4n) is 1.78. The van der Waals surface area contributed by atoms with Crippen molar-refractivity contribution in [2.75, 3.05) is 6.54 Å². The third-order valence-electron chi connectivity index (χ3n) is 3.05. The van der Waals surface area contributed by atoms with Crippen molar-refractivity contribution in [1.82, 2.24) is 4.98 Å². The highest BCUT2D eigenvalue weighted by molar-refractivity contribution is 5.72. The molecule has 0 aliphatic heterocycles. The second-order valence-electron chi connectivity index (χ2n) is 4.12. The number of hydrogen-bond donors (Lipinski definition) is 1. The largest absolute Gasteiger partial charge is 0.440 e. The van der Waals surface area contributed by atoms with Gasteiger partial charge in [-0.15, -0.1) is 0 Å². The van der Waals surface area contributed by atoms with Crippen molar-refractivity contribution >= 4 is 11.1 Å². The predicted molar refractivity (Wildman–Crippen MR) is 53.9 cm³/mol. The lowest BCUT2D eigenvalue weighted by molar-refractivity contribution is 0.461. The standard InChI is InChI=1S/C11H11FN2O/c12-7-1-2-8-9(5-7)15-10(14-8)11(6-13)3-4-11/h1-2,5H,3-4,6,13H2. The van der Waals surface area contributed by atoms with Gasteiger partial charge in [0.05, 0.1) is 5.41 Å². The SMILES string of the molecule is NCC1(c2nc3ccc(F)cc3o2)CC1. The highest BCUT2D eigenvalue weighted by Gasteiger charge is 2.47. The minimum atomic E-state index is -0.303. The number of benzene rings is 1. The Bertz CT molecular complexity index is 516. The van der Waals surface area contributed by atoms with E-state index in [4.69, 9.17) is 10.2 Å². The molecule has 1 aliphatic carbocycles. The van der Waals surface area contributed by atoms with Crippen LogP contribution in [-0.2, 0) is 5.41 Å². The number of nitrogens with zero attached hydrogens (tertiary/aromatic N) is 1. The maximum absolute atomic E-state index is 12.9. The summed E-state index contributed by atoms with van der Waals surface area (Å²) in [6.07, 6.45) is 2.03. The molecule has 1 heterocycles. The minimum Gasteiger partial charge on any atom is -0.440 e. The topological polar surface area (TPSA) is 52.0 Å². The van der Waals surface area contributed by atoms with Gasteiger partial charge in [-0.05, 0) is 25.0 Å². The third-order valence-corrected chi connectivity index (χ3v) is 3.05. The van der Waals surface area contributed by atoms with Crippen molar-refractivity contribution in [2.45, 2.75) is 18.3 Å². The van der Waals surface area contributed by atoms with Crippen LogP contribution in [0.3, 0.4) is 0 Å². The molecule has 15 heavy (non-hydrogen) atoms. The maximum Gasteiger partial charge on any atom is 0.202 e. The minimum absolute atomic E-state index is 0.0739. The first-order valence-electron chi connectivity index (χ1n) is 5.00. The molecule has 0 unspecified atom stereocenters. The summed E-state index contributed by atoms with van der Waals surface area (Å²) in [4.78, 5) is 4.35. The number of oxazole rings is 1. The van der Waals surface area contributed by atoms with Crippen LogP contribution in [0.15, 0.2) is 22.6 Å². The number of aromatic nitrogens is 1. The Kier molecular flexibility index (Phi) is 1.65. The van der Waals surface area contributed by atoms with Crippen LogP contribution in [0.1, 0.15) is 18.7 Å². The number of halogens is 1. The fraction of sp³-hybridized carbons (Fsp3) is 0.364. The highest BCUT2D eigenvalue weighted by Crippen LogP contribution is 2.47. The molecule has 2 aromatic rings. The molecule has 78 valence electrons. The molecule has 1 saturated carbocycles. The highest BCUT2D eigenvalue weighted by atomic mass is 19.1. The van der Waals surface area contributed by atoms with Crippen molar-refractivity contribution in [3.63, 3.8) is 0 Å². The van der Waals surface area contributed by atoms with E-state index in [1.54, 1.807) is 6.07 Å². The molecule has 0 saturated heterocycles. The lowest BCUT2D eigenvalue weighted by atomic mass is 10.1. The van der Waals surface area contributed by atoms with E-state index < -0.39 is 0 Å². The molecule has 0 spiro atoms. The predicted octanol–water partition coefficient (Wildman–Crippen LogP) is 1.96. The second-order valence-corrected chi connectivity index (χ2v) is 4.12. The second kappa shape index (κ2) is 2.79. The first-order chi connectivity index (χ1) is 7.23. The smallest absolute Gasteiger partial charge is 0.202 e. The number of hydrogen-bond acceptors (Lipinski definition) is 3. The van der Waals surface area contributed by atoms with Crippen molar-refractivity contribution < 1.29 is 8.81 Å². The van der Waals surface area contributed by atoms with Crippen LogP contribution in [0, 0.1) is 5.82 Å². The van der Waals surface area contributed by atoms with Gasteiger partial charge >= 0.3 is 0 Å². The number of rotatable bonds is 2. The molecular weight excluding hydrogens is 195 g/mol. The molecule has 2 N–H and O–H groups in total. The van der Waals surface area contributed by atoms with E-state index in [9.17, 15) is 4.39 Å². The van der Waals surface area contributed by atoms with Crippen LogP contribution >= 0.6 is 0 Å². The van der Waals surface area contributed by atoms with Crippen molar-refractivity contribution in [2.24, 2.45) is 5.73 Å². The Hall–Kier alpha value is -1.42. The molecule has 0 radical (unpaired) electrons. The van der Waals surface area contributed by atoms with Gasteiger partial charge in [0.2, 0.25) is 5.89 Å². The average Bonchev–Trinajstić information content (AvgIpc) is 2.93. The average molecular weight is 206 g/mol. The van der Waals surface area contributed by atoms with Crippen molar-refractivity contribution in [3.8, 4) is 0 Å². The normalized spacial score (nSPS) is 18.3. The zero-order valence-electron chi connectivity index (χ0n) is 8.16. The molecule has 3 rings (SSSR count). The lowest BCUT2D eigenvalue weighted by Crippen LogP contribution is -2.19. The molecule has 4 heteroatoms. The quantitative estimate of drug-likeness (QED) is 0.817. The van der Waals surface area contributed by atoms with Gasteiger partial charge in [0.15, 0.2) is 5.58 Å². The summed E-state index contributed by atoms with van der Waals surface area (Å²) >= 11 is 0. The molecule has 0 bridgehead atoms. The molecule has 1 fully saturated rings. The number of fused-ring (bicyclic) bond motifs is 1. The summed E-state index contributed by atoms with van der Waals surface area (Å²) in [5.74, 6) is 0.355. The molecule has 1 aliphatic rings.